The molecule has 2 amide bonds. The Balaban J connectivity index is 2.29. The molecule has 2 aromatic heterocycles. The standard InChI is InChI=1S/C14H15BrN4O4S/c1-6-10(14(22)23-3)13(24-11(6)12(16)21)18-9(20)5-19-7(2)8(15)4-17-19/h4H,5H2,1-3H3,(H2,16,21)(H,18,20). The number of nitrogens with one attached hydrogen (secondary N) is 1. The fourth-order valence-electron chi connectivity index (χ4n) is 2.07. The molecule has 0 aliphatic heterocycles. The second kappa shape index (κ2) is 7.14. The van der Waals surface area contributed by atoms with Crippen molar-refractivity contribution in [3.8, 4) is 0 Å². The summed E-state index contributed by atoms with van der Waals surface area (Å²) >= 11 is 4.26. The van der Waals surface area contributed by atoms with E-state index < -0.39 is 17.8 Å². The summed E-state index contributed by atoms with van der Waals surface area (Å²) in [6.07, 6.45) is 1.59. The maximum absolute atomic E-state index is 12.2. The summed E-state index contributed by atoms with van der Waals surface area (Å²) in [6, 6.07) is 0. The number of anilines is 1. The topological polar surface area (TPSA) is 116 Å². The first-order chi connectivity index (χ1) is 11.3. The molecule has 0 aromatic carbocycles. The van der Waals surface area contributed by atoms with Gasteiger partial charge < -0.3 is 15.8 Å². The van der Waals surface area contributed by atoms with Gasteiger partial charge in [-0.1, -0.05) is 0 Å². The number of hydrogen-bond acceptors (Lipinski definition) is 6. The van der Waals surface area contributed by atoms with Gasteiger partial charge in [0.1, 0.15) is 11.5 Å². The van der Waals surface area contributed by atoms with Crippen LogP contribution in [0.25, 0.3) is 0 Å². The molecule has 0 spiro atoms. The lowest BCUT2D eigenvalue weighted by Gasteiger charge is -2.07. The molecule has 2 heterocycles. The van der Waals surface area contributed by atoms with Gasteiger partial charge in [0.25, 0.3) is 5.91 Å². The highest BCUT2D eigenvalue weighted by atomic mass is 79.9. The van der Waals surface area contributed by atoms with E-state index in [2.05, 4.69) is 26.3 Å². The molecule has 0 atom stereocenters. The minimum absolute atomic E-state index is 0.0408. The normalized spacial score (nSPS) is 10.5. The fourth-order valence-corrected chi connectivity index (χ4v) is 3.43. The molecule has 0 saturated carbocycles. The van der Waals surface area contributed by atoms with E-state index in [0.717, 1.165) is 21.5 Å². The van der Waals surface area contributed by atoms with Crippen LogP contribution >= 0.6 is 27.3 Å². The van der Waals surface area contributed by atoms with E-state index >= 15 is 0 Å². The highest BCUT2D eigenvalue weighted by molar-refractivity contribution is 9.10. The smallest absolute Gasteiger partial charge is 0.341 e. The van der Waals surface area contributed by atoms with Gasteiger partial charge in [-0.3, -0.25) is 14.3 Å². The summed E-state index contributed by atoms with van der Waals surface area (Å²) in [7, 11) is 1.22. The minimum atomic E-state index is -0.671. The molecule has 0 bridgehead atoms. The van der Waals surface area contributed by atoms with Gasteiger partial charge in [0, 0.05) is 0 Å². The third-order valence-electron chi connectivity index (χ3n) is 3.35. The summed E-state index contributed by atoms with van der Waals surface area (Å²) in [5.74, 6) is -1.71. The van der Waals surface area contributed by atoms with E-state index in [1.54, 1.807) is 13.1 Å². The van der Waals surface area contributed by atoms with Crippen LogP contribution in [0.4, 0.5) is 5.00 Å². The predicted molar refractivity (Wildman–Crippen MR) is 92.2 cm³/mol. The number of rotatable bonds is 5. The summed E-state index contributed by atoms with van der Waals surface area (Å²) in [6.45, 7) is 3.35. The Bertz CT molecular complexity index is 827. The Hall–Kier alpha value is -2.20. The third kappa shape index (κ3) is 3.49. The number of nitrogens with zero attached hydrogens (tertiary/aromatic N) is 2. The molecular formula is C14H15BrN4O4S. The van der Waals surface area contributed by atoms with Gasteiger partial charge in [-0.25, -0.2) is 4.79 Å². The molecule has 0 aliphatic carbocycles. The van der Waals surface area contributed by atoms with Gasteiger partial charge in [-0.2, -0.15) is 5.10 Å². The average molecular weight is 415 g/mol. The van der Waals surface area contributed by atoms with Gasteiger partial charge in [0.15, 0.2) is 0 Å². The van der Waals surface area contributed by atoms with Crippen molar-refractivity contribution in [1.82, 2.24) is 9.78 Å². The van der Waals surface area contributed by atoms with Crippen LogP contribution in [0, 0.1) is 13.8 Å². The summed E-state index contributed by atoms with van der Waals surface area (Å²) in [5, 5.41) is 6.91. The van der Waals surface area contributed by atoms with Crippen LogP contribution in [0.2, 0.25) is 0 Å². The maximum atomic E-state index is 12.2. The Labute approximate surface area is 150 Å². The van der Waals surface area contributed by atoms with Gasteiger partial charge in [-0.15, -0.1) is 11.3 Å². The maximum Gasteiger partial charge on any atom is 0.341 e. The quantitative estimate of drug-likeness (QED) is 0.723. The van der Waals surface area contributed by atoms with Crippen LogP contribution < -0.4 is 11.1 Å². The average Bonchev–Trinajstić information content (AvgIpc) is 3.01. The first-order valence-electron chi connectivity index (χ1n) is 6.75. The fraction of sp³-hybridized carbons (Fsp3) is 0.286. The van der Waals surface area contributed by atoms with Gasteiger partial charge in [0.2, 0.25) is 5.91 Å². The van der Waals surface area contributed by atoms with E-state index in [-0.39, 0.29) is 22.0 Å². The number of primary amides is 1. The molecular weight excluding hydrogens is 400 g/mol. The van der Waals surface area contributed by atoms with Crippen molar-refractivity contribution in [2.75, 3.05) is 12.4 Å². The summed E-state index contributed by atoms with van der Waals surface area (Å²) in [4.78, 5) is 35.9. The van der Waals surface area contributed by atoms with Gasteiger partial charge in [-0.05, 0) is 35.3 Å². The Morgan fingerprint density at radius 3 is 2.58 bits per heavy atom. The number of nitrogens with two attached hydrogens (primary N) is 1. The second-order valence-corrected chi connectivity index (χ2v) is 6.77. The van der Waals surface area contributed by atoms with E-state index in [1.807, 2.05) is 6.92 Å². The van der Waals surface area contributed by atoms with E-state index in [1.165, 1.54) is 11.8 Å². The van der Waals surface area contributed by atoms with Crippen LogP contribution in [0.3, 0.4) is 0 Å². The van der Waals surface area contributed by atoms with Crippen LogP contribution in [-0.2, 0) is 16.1 Å². The van der Waals surface area contributed by atoms with Crippen molar-refractivity contribution in [2.45, 2.75) is 20.4 Å². The molecule has 2 aromatic rings. The summed E-state index contributed by atoms with van der Waals surface area (Å²) < 4.78 is 7.01. The molecule has 0 radical (unpaired) electrons. The Kier molecular flexibility index (Phi) is 5.40. The molecule has 0 aliphatic rings. The number of amides is 2. The van der Waals surface area contributed by atoms with Crippen molar-refractivity contribution in [3.05, 3.63) is 32.4 Å². The molecule has 3 N–H and O–H groups in total. The first-order valence-corrected chi connectivity index (χ1v) is 8.36. The SMILES string of the molecule is COC(=O)c1c(NC(=O)Cn2ncc(Br)c2C)sc(C(N)=O)c1C. The van der Waals surface area contributed by atoms with Gasteiger partial charge >= 0.3 is 5.97 Å². The Morgan fingerprint density at radius 1 is 1.42 bits per heavy atom. The number of aromatic nitrogens is 2. The molecule has 128 valence electrons. The zero-order valence-corrected chi connectivity index (χ0v) is 15.6. The zero-order chi connectivity index (χ0) is 18.0. The van der Waals surface area contributed by atoms with Crippen molar-refractivity contribution in [2.24, 2.45) is 5.73 Å². The van der Waals surface area contributed by atoms with Crippen LogP contribution in [0.15, 0.2) is 10.7 Å². The minimum Gasteiger partial charge on any atom is -0.465 e. The number of methoxy groups -OCH3 is 1. The third-order valence-corrected chi connectivity index (χ3v) is 5.35. The van der Waals surface area contributed by atoms with E-state index in [0.29, 0.717) is 5.56 Å². The molecule has 2 rings (SSSR count). The first kappa shape index (κ1) is 18.1. The van der Waals surface area contributed by atoms with E-state index in [9.17, 15) is 14.4 Å². The van der Waals surface area contributed by atoms with Crippen molar-refractivity contribution < 1.29 is 19.1 Å². The Morgan fingerprint density at radius 2 is 2.08 bits per heavy atom. The number of hydrogen-bond donors (Lipinski definition) is 2. The molecule has 24 heavy (non-hydrogen) atoms. The lowest BCUT2D eigenvalue weighted by atomic mass is 10.1. The molecule has 0 fully saturated rings. The molecule has 10 heteroatoms. The lowest BCUT2D eigenvalue weighted by Crippen LogP contribution is -2.21. The van der Waals surface area contributed by atoms with Crippen molar-refractivity contribution in [3.63, 3.8) is 0 Å². The number of thiophene rings is 1. The molecule has 0 unspecified atom stereocenters. The highest BCUT2D eigenvalue weighted by Crippen LogP contribution is 2.33. The monoisotopic (exact) mass is 414 g/mol. The summed E-state index contributed by atoms with van der Waals surface area (Å²) in [5.41, 5.74) is 6.60. The number of carbonyl (C=O) groups excluding carboxylic acids is 3. The van der Waals surface area contributed by atoms with Crippen molar-refractivity contribution >= 4 is 50.1 Å². The predicted octanol–water partition coefficient (Wildman–Crippen LogP) is 1.85. The largest absolute Gasteiger partial charge is 0.465 e. The zero-order valence-electron chi connectivity index (χ0n) is 13.2. The van der Waals surface area contributed by atoms with Crippen LogP contribution in [0.1, 0.15) is 31.3 Å². The van der Waals surface area contributed by atoms with Gasteiger partial charge in [0.05, 0.1) is 33.9 Å². The van der Waals surface area contributed by atoms with Crippen LogP contribution in [-0.4, -0.2) is 34.7 Å². The number of halogens is 1. The van der Waals surface area contributed by atoms with Crippen LogP contribution in [0.5, 0.6) is 0 Å². The number of ether oxygens (including phenoxy) is 1. The number of carbonyl (C=O) groups is 3. The lowest BCUT2D eigenvalue weighted by molar-refractivity contribution is -0.116. The second-order valence-electron chi connectivity index (χ2n) is 4.90. The number of esters is 1. The van der Waals surface area contributed by atoms with E-state index in [4.69, 9.17) is 10.5 Å². The molecule has 0 saturated heterocycles. The highest BCUT2D eigenvalue weighted by Gasteiger charge is 2.25. The molecule has 8 nitrogen and oxygen atoms in total. The van der Waals surface area contributed by atoms with Crippen molar-refractivity contribution in [1.29, 1.82) is 0 Å².